The summed E-state index contributed by atoms with van der Waals surface area (Å²) in [5, 5.41) is 5.81. The van der Waals surface area contributed by atoms with E-state index in [0.717, 1.165) is 25.7 Å². The lowest BCUT2D eigenvalue weighted by Gasteiger charge is -2.15. The lowest BCUT2D eigenvalue weighted by molar-refractivity contribution is 0.261. The highest BCUT2D eigenvalue weighted by Gasteiger charge is 2.11. The van der Waals surface area contributed by atoms with Crippen molar-refractivity contribution in [2.75, 3.05) is 23.8 Å². The Balaban J connectivity index is 1.26. The quantitative estimate of drug-likeness (QED) is 0.208. The van der Waals surface area contributed by atoms with E-state index in [1.54, 1.807) is 0 Å². The molecule has 0 saturated heterocycles. The van der Waals surface area contributed by atoms with Gasteiger partial charge in [0.05, 0.1) is 24.6 Å². The molecule has 5 heteroatoms. The third-order valence-electron chi connectivity index (χ3n) is 5.69. The zero-order valence-corrected chi connectivity index (χ0v) is 20.4. The fourth-order valence-corrected chi connectivity index (χ4v) is 3.87. The van der Waals surface area contributed by atoms with Crippen molar-refractivity contribution in [1.29, 1.82) is 0 Å². The summed E-state index contributed by atoms with van der Waals surface area (Å²) in [7, 11) is 0. The van der Waals surface area contributed by atoms with Gasteiger partial charge in [0.15, 0.2) is 0 Å². The van der Waals surface area contributed by atoms with Crippen molar-refractivity contribution < 1.29 is 14.3 Å². The van der Waals surface area contributed by atoms with E-state index in [0.29, 0.717) is 36.1 Å². The Morgan fingerprint density at radius 3 is 1.36 bits per heavy atom. The van der Waals surface area contributed by atoms with Crippen LogP contribution in [0.15, 0.2) is 109 Å². The minimum absolute atomic E-state index is 0.351. The van der Waals surface area contributed by atoms with Crippen LogP contribution in [0.4, 0.5) is 16.2 Å². The Labute approximate surface area is 213 Å². The van der Waals surface area contributed by atoms with E-state index in [1.165, 1.54) is 11.1 Å². The van der Waals surface area contributed by atoms with Gasteiger partial charge in [0.25, 0.3) is 0 Å². The van der Waals surface area contributed by atoms with Crippen LogP contribution in [0.25, 0.3) is 0 Å². The van der Waals surface area contributed by atoms with Gasteiger partial charge < -0.3 is 20.1 Å². The number of carbonyl (C=O) groups excluding carboxylic acids is 1. The molecule has 0 heterocycles. The van der Waals surface area contributed by atoms with E-state index in [-0.39, 0.29) is 6.03 Å². The van der Waals surface area contributed by atoms with Crippen molar-refractivity contribution in [3.8, 4) is 11.5 Å². The van der Waals surface area contributed by atoms with E-state index in [9.17, 15) is 4.79 Å². The van der Waals surface area contributed by atoms with Crippen molar-refractivity contribution in [2.45, 2.75) is 25.7 Å². The normalized spacial score (nSPS) is 10.4. The maximum Gasteiger partial charge on any atom is 0.323 e. The van der Waals surface area contributed by atoms with Gasteiger partial charge in [-0.1, -0.05) is 84.9 Å². The standard InChI is InChI=1S/C31H32N2O3/c34-31(32-27-19-7-9-21-29(27)35-23-11-17-25-13-3-1-4-14-25)33-28-20-8-10-22-30(28)36-24-12-18-26-15-5-2-6-16-26/h1-10,13-16,19-22H,11-12,17-18,23-24H2,(H2,32,33,34). The van der Waals surface area contributed by atoms with Crippen LogP contribution in [0.1, 0.15) is 24.0 Å². The van der Waals surface area contributed by atoms with Crippen molar-refractivity contribution >= 4 is 17.4 Å². The fourth-order valence-electron chi connectivity index (χ4n) is 3.87. The third-order valence-corrected chi connectivity index (χ3v) is 5.69. The van der Waals surface area contributed by atoms with Gasteiger partial charge in [0, 0.05) is 0 Å². The molecule has 4 aromatic carbocycles. The molecule has 4 rings (SSSR count). The molecule has 184 valence electrons. The fraction of sp³-hybridized carbons (Fsp3) is 0.194. The number of urea groups is 1. The molecule has 0 aliphatic heterocycles. The summed E-state index contributed by atoms with van der Waals surface area (Å²) in [4.78, 5) is 12.8. The van der Waals surface area contributed by atoms with E-state index in [4.69, 9.17) is 9.47 Å². The minimum Gasteiger partial charge on any atom is -0.491 e. The molecule has 0 spiro atoms. The average Bonchev–Trinajstić information content (AvgIpc) is 2.92. The Morgan fingerprint density at radius 1 is 0.528 bits per heavy atom. The number of benzene rings is 4. The van der Waals surface area contributed by atoms with Gasteiger partial charge in [0.1, 0.15) is 11.5 Å². The summed E-state index contributed by atoms with van der Waals surface area (Å²) in [5.41, 5.74) is 3.81. The first-order chi connectivity index (χ1) is 17.8. The molecule has 5 nitrogen and oxygen atoms in total. The lowest BCUT2D eigenvalue weighted by Crippen LogP contribution is -2.20. The number of anilines is 2. The van der Waals surface area contributed by atoms with Crippen LogP contribution in [0.5, 0.6) is 11.5 Å². The topological polar surface area (TPSA) is 59.6 Å². The summed E-state index contributed by atoms with van der Waals surface area (Å²) in [6.07, 6.45) is 3.66. The second kappa shape index (κ2) is 13.6. The van der Waals surface area contributed by atoms with Crippen LogP contribution < -0.4 is 20.1 Å². The third kappa shape index (κ3) is 7.91. The molecule has 0 fully saturated rings. The Bertz CT molecular complexity index is 1120. The highest BCUT2D eigenvalue weighted by Crippen LogP contribution is 2.27. The summed E-state index contributed by atoms with van der Waals surface area (Å²) in [5.74, 6) is 1.29. The number of nitrogens with one attached hydrogen (secondary N) is 2. The molecule has 2 amide bonds. The molecule has 0 aromatic heterocycles. The van der Waals surface area contributed by atoms with Gasteiger partial charge in [0.2, 0.25) is 0 Å². The second-order valence-corrected chi connectivity index (χ2v) is 8.45. The number of rotatable bonds is 12. The van der Waals surface area contributed by atoms with Crippen LogP contribution in [-0.4, -0.2) is 19.2 Å². The van der Waals surface area contributed by atoms with E-state index in [1.807, 2.05) is 84.9 Å². The number of ether oxygens (including phenoxy) is 2. The Hall–Kier alpha value is -4.25. The summed E-state index contributed by atoms with van der Waals surface area (Å²) >= 11 is 0. The van der Waals surface area contributed by atoms with Crippen LogP contribution in [0.3, 0.4) is 0 Å². The zero-order valence-electron chi connectivity index (χ0n) is 20.4. The van der Waals surface area contributed by atoms with Crippen LogP contribution in [-0.2, 0) is 12.8 Å². The Kier molecular flexibility index (Phi) is 9.39. The zero-order chi connectivity index (χ0) is 24.8. The Morgan fingerprint density at radius 2 is 0.917 bits per heavy atom. The van der Waals surface area contributed by atoms with Crippen molar-refractivity contribution in [1.82, 2.24) is 0 Å². The number of carbonyl (C=O) groups is 1. The SMILES string of the molecule is O=C(Nc1ccccc1OCCCc1ccccc1)Nc1ccccc1OCCCc1ccccc1. The molecule has 2 N–H and O–H groups in total. The van der Waals surface area contributed by atoms with Gasteiger partial charge in [-0.15, -0.1) is 0 Å². The van der Waals surface area contributed by atoms with Gasteiger partial charge in [-0.05, 0) is 61.1 Å². The number of hydrogen-bond donors (Lipinski definition) is 2. The minimum atomic E-state index is -0.351. The molecule has 0 aliphatic rings. The number of aryl methyl sites for hydroxylation is 2. The molecular formula is C31H32N2O3. The predicted octanol–water partition coefficient (Wildman–Crippen LogP) is 7.35. The van der Waals surface area contributed by atoms with Gasteiger partial charge in [-0.25, -0.2) is 4.79 Å². The van der Waals surface area contributed by atoms with Gasteiger partial charge >= 0.3 is 6.03 Å². The number of para-hydroxylation sites is 4. The largest absolute Gasteiger partial charge is 0.491 e. The first-order valence-electron chi connectivity index (χ1n) is 12.4. The van der Waals surface area contributed by atoms with Crippen molar-refractivity contribution in [3.05, 3.63) is 120 Å². The molecule has 0 saturated carbocycles. The van der Waals surface area contributed by atoms with Gasteiger partial charge in [-0.2, -0.15) is 0 Å². The molecule has 0 atom stereocenters. The smallest absolute Gasteiger partial charge is 0.323 e. The van der Waals surface area contributed by atoms with Crippen LogP contribution >= 0.6 is 0 Å². The first kappa shape index (κ1) is 24.9. The lowest BCUT2D eigenvalue weighted by atomic mass is 10.1. The van der Waals surface area contributed by atoms with Crippen molar-refractivity contribution in [3.63, 3.8) is 0 Å². The van der Waals surface area contributed by atoms with E-state index in [2.05, 4.69) is 34.9 Å². The molecule has 4 aromatic rings. The highest BCUT2D eigenvalue weighted by molar-refractivity contribution is 6.01. The maximum atomic E-state index is 12.8. The maximum absolute atomic E-state index is 12.8. The van der Waals surface area contributed by atoms with E-state index < -0.39 is 0 Å². The highest BCUT2D eigenvalue weighted by atomic mass is 16.5. The first-order valence-corrected chi connectivity index (χ1v) is 12.4. The van der Waals surface area contributed by atoms with Crippen molar-refractivity contribution in [2.24, 2.45) is 0 Å². The van der Waals surface area contributed by atoms with Crippen LogP contribution in [0.2, 0.25) is 0 Å². The summed E-state index contributed by atoms with van der Waals surface area (Å²) in [6, 6.07) is 35.2. The number of amides is 2. The number of hydrogen-bond acceptors (Lipinski definition) is 3. The average molecular weight is 481 g/mol. The summed E-state index contributed by atoms with van der Waals surface area (Å²) in [6.45, 7) is 1.13. The van der Waals surface area contributed by atoms with Crippen LogP contribution in [0, 0.1) is 0 Å². The second-order valence-electron chi connectivity index (χ2n) is 8.45. The molecule has 0 aliphatic carbocycles. The monoisotopic (exact) mass is 480 g/mol. The predicted molar refractivity (Wildman–Crippen MR) is 146 cm³/mol. The van der Waals surface area contributed by atoms with Gasteiger partial charge in [-0.3, -0.25) is 0 Å². The molecule has 0 bridgehead atoms. The molecule has 36 heavy (non-hydrogen) atoms. The molecule has 0 radical (unpaired) electrons. The van der Waals surface area contributed by atoms with E-state index >= 15 is 0 Å². The molecular weight excluding hydrogens is 448 g/mol. The summed E-state index contributed by atoms with van der Waals surface area (Å²) < 4.78 is 11.9. The molecule has 0 unspecified atom stereocenters.